The molecule has 1 aromatic carbocycles. The lowest BCUT2D eigenvalue weighted by Crippen LogP contribution is -2.28. The Morgan fingerprint density at radius 2 is 2.04 bits per heavy atom. The normalized spacial score (nSPS) is 18.7. The molecule has 23 heavy (non-hydrogen) atoms. The number of imidazole rings is 1. The van der Waals surface area contributed by atoms with Crippen LogP contribution in [0.2, 0.25) is 0 Å². The van der Waals surface area contributed by atoms with Crippen molar-refractivity contribution in [2.24, 2.45) is 0 Å². The molecule has 1 N–H and O–H groups in total. The largest absolute Gasteiger partial charge is 0.465 e. The van der Waals surface area contributed by atoms with Gasteiger partial charge in [-0.1, -0.05) is 0 Å². The van der Waals surface area contributed by atoms with Crippen LogP contribution in [0.15, 0.2) is 12.1 Å². The third-order valence-electron chi connectivity index (χ3n) is 4.90. The van der Waals surface area contributed by atoms with Crippen molar-refractivity contribution in [3.05, 3.63) is 29.1 Å². The molecule has 0 unspecified atom stereocenters. The first-order valence-corrected chi connectivity index (χ1v) is 8.57. The maximum Gasteiger partial charge on any atom is 0.302 e. The van der Waals surface area contributed by atoms with Crippen LogP contribution in [-0.2, 0) is 28.8 Å². The lowest BCUT2D eigenvalue weighted by atomic mass is 10.0. The summed E-state index contributed by atoms with van der Waals surface area (Å²) in [6.07, 6.45) is 5.64. The van der Waals surface area contributed by atoms with Gasteiger partial charge in [0.15, 0.2) is 0 Å². The van der Waals surface area contributed by atoms with Gasteiger partial charge in [0.05, 0.1) is 17.6 Å². The number of benzene rings is 1. The zero-order valence-electron chi connectivity index (χ0n) is 13.6. The zero-order chi connectivity index (χ0) is 15.8. The molecule has 2 heterocycles. The summed E-state index contributed by atoms with van der Waals surface area (Å²) in [7, 11) is 0. The fourth-order valence-corrected chi connectivity index (χ4v) is 3.52. The van der Waals surface area contributed by atoms with Crippen LogP contribution in [0.1, 0.15) is 36.7 Å². The molecule has 122 valence electrons. The first-order chi connectivity index (χ1) is 11.2. The quantitative estimate of drug-likeness (QED) is 0.880. The number of nitrogens with one attached hydrogen (secondary N) is 1. The Bertz CT molecular complexity index is 688. The molecule has 2 aliphatic rings. The minimum absolute atomic E-state index is 0.243. The Kier molecular flexibility index (Phi) is 3.81. The predicted molar refractivity (Wildman–Crippen MR) is 88.4 cm³/mol. The number of ether oxygens (including phenoxy) is 1. The third-order valence-corrected chi connectivity index (χ3v) is 4.90. The van der Waals surface area contributed by atoms with Crippen LogP contribution in [0.5, 0.6) is 0 Å². The molecule has 5 heteroatoms. The molecule has 1 fully saturated rings. The third kappa shape index (κ3) is 3.24. The first kappa shape index (κ1) is 14.7. The summed E-state index contributed by atoms with van der Waals surface area (Å²) in [5, 5.41) is 0. The van der Waals surface area contributed by atoms with Gasteiger partial charge in [0.1, 0.15) is 5.82 Å². The van der Waals surface area contributed by atoms with Gasteiger partial charge in [-0.25, -0.2) is 4.98 Å². The summed E-state index contributed by atoms with van der Waals surface area (Å²) in [6.45, 7) is 4.16. The highest BCUT2D eigenvalue weighted by atomic mass is 16.5. The monoisotopic (exact) mass is 313 g/mol. The van der Waals surface area contributed by atoms with E-state index in [1.165, 1.54) is 44.0 Å². The number of fused-ring (bicyclic) bond motifs is 2. The van der Waals surface area contributed by atoms with Crippen LogP contribution < -0.4 is 0 Å². The Labute approximate surface area is 136 Å². The van der Waals surface area contributed by atoms with E-state index in [1.54, 1.807) is 0 Å². The predicted octanol–water partition coefficient (Wildman–Crippen LogP) is 2.23. The van der Waals surface area contributed by atoms with E-state index in [0.717, 1.165) is 35.7 Å². The molecule has 5 nitrogen and oxygen atoms in total. The second kappa shape index (κ2) is 5.96. The molecule has 0 amide bonds. The van der Waals surface area contributed by atoms with E-state index < -0.39 is 0 Å². The van der Waals surface area contributed by atoms with Crippen molar-refractivity contribution in [1.29, 1.82) is 0 Å². The van der Waals surface area contributed by atoms with Crippen molar-refractivity contribution < 1.29 is 9.53 Å². The van der Waals surface area contributed by atoms with Crippen LogP contribution in [0.3, 0.4) is 0 Å². The van der Waals surface area contributed by atoms with Crippen LogP contribution in [-0.4, -0.2) is 46.6 Å². The fraction of sp³-hybridized carbons (Fsp3) is 0.556. The minimum Gasteiger partial charge on any atom is -0.465 e. The van der Waals surface area contributed by atoms with Crippen molar-refractivity contribution in [3.8, 4) is 0 Å². The zero-order valence-corrected chi connectivity index (χ0v) is 13.6. The summed E-state index contributed by atoms with van der Waals surface area (Å²) >= 11 is 0. The number of carbonyl (C=O) groups is 1. The van der Waals surface area contributed by atoms with Gasteiger partial charge in [0, 0.05) is 32.5 Å². The molecule has 0 spiro atoms. The highest BCUT2D eigenvalue weighted by Crippen LogP contribution is 2.30. The molecule has 1 aromatic heterocycles. The molecule has 4 rings (SSSR count). The number of nitrogens with zero attached hydrogens (tertiary/aromatic N) is 2. The minimum atomic E-state index is -0.243. The molecule has 1 aliphatic heterocycles. The number of rotatable bonds is 4. The number of esters is 1. The average molecular weight is 313 g/mol. The van der Waals surface area contributed by atoms with Gasteiger partial charge in [-0.2, -0.15) is 0 Å². The average Bonchev–Trinajstić information content (AvgIpc) is 3.29. The van der Waals surface area contributed by atoms with Crippen molar-refractivity contribution in [2.75, 3.05) is 19.7 Å². The number of aromatic amines is 1. The molecular weight excluding hydrogens is 290 g/mol. The van der Waals surface area contributed by atoms with Crippen LogP contribution in [0.25, 0.3) is 11.0 Å². The van der Waals surface area contributed by atoms with Gasteiger partial charge >= 0.3 is 5.97 Å². The number of H-pyrrole nitrogens is 1. The summed E-state index contributed by atoms with van der Waals surface area (Å²) in [5.41, 5.74) is 5.03. The van der Waals surface area contributed by atoms with Gasteiger partial charge in [-0.3, -0.25) is 9.69 Å². The Morgan fingerprint density at radius 3 is 2.74 bits per heavy atom. The summed E-state index contributed by atoms with van der Waals surface area (Å²) in [5.74, 6) is 0.647. The van der Waals surface area contributed by atoms with Gasteiger partial charge in [0.2, 0.25) is 0 Å². The number of hydrogen-bond acceptors (Lipinski definition) is 4. The van der Waals surface area contributed by atoms with Crippen molar-refractivity contribution >= 4 is 17.0 Å². The van der Waals surface area contributed by atoms with Crippen LogP contribution >= 0.6 is 0 Å². The van der Waals surface area contributed by atoms with E-state index in [2.05, 4.69) is 27.0 Å². The van der Waals surface area contributed by atoms with Crippen LogP contribution in [0, 0.1) is 0 Å². The topological polar surface area (TPSA) is 58.2 Å². The van der Waals surface area contributed by atoms with E-state index in [9.17, 15) is 4.79 Å². The number of carbonyl (C=O) groups excluding carboxylic acids is 1. The lowest BCUT2D eigenvalue weighted by molar-refractivity contribution is -0.140. The Morgan fingerprint density at radius 1 is 1.30 bits per heavy atom. The van der Waals surface area contributed by atoms with E-state index in [0.29, 0.717) is 13.0 Å². The van der Waals surface area contributed by atoms with E-state index in [-0.39, 0.29) is 5.97 Å². The molecule has 0 atom stereocenters. The molecule has 0 saturated heterocycles. The van der Waals surface area contributed by atoms with E-state index in [4.69, 9.17) is 4.74 Å². The molecule has 1 aliphatic carbocycles. The van der Waals surface area contributed by atoms with Crippen molar-refractivity contribution in [2.45, 2.75) is 45.1 Å². The van der Waals surface area contributed by atoms with E-state index in [1.807, 2.05) is 0 Å². The van der Waals surface area contributed by atoms with Gasteiger partial charge in [0.25, 0.3) is 0 Å². The SMILES string of the molecule is CC(=O)OCCc1nc2cc3c(cc2[nH]1)CCN(C1CC1)CC3. The highest BCUT2D eigenvalue weighted by Gasteiger charge is 2.29. The van der Waals surface area contributed by atoms with Crippen LogP contribution in [0.4, 0.5) is 0 Å². The summed E-state index contributed by atoms with van der Waals surface area (Å²) in [4.78, 5) is 21.5. The highest BCUT2D eigenvalue weighted by molar-refractivity contribution is 5.77. The molecular formula is C18H23N3O2. The molecule has 1 saturated carbocycles. The molecule has 2 aromatic rings. The fourth-order valence-electron chi connectivity index (χ4n) is 3.52. The summed E-state index contributed by atoms with van der Waals surface area (Å²) < 4.78 is 4.99. The van der Waals surface area contributed by atoms with Gasteiger partial charge in [-0.15, -0.1) is 0 Å². The molecule has 0 bridgehead atoms. The molecule has 0 radical (unpaired) electrons. The maximum atomic E-state index is 10.8. The van der Waals surface area contributed by atoms with Crippen molar-refractivity contribution in [3.63, 3.8) is 0 Å². The standard InChI is InChI=1S/C18H23N3O2/c1-12(22)23-9-6-18-19-16-10-13-4-7-21(15-2-3-15)8-5-14(13)11-17(16)20-18/h10-11,15H,2-9H2,1H3,(H,19,20). The Hall–Kier alpha value is -1.88. The first-order valence-electron chi connectivity index (χ1n) is 8.57. The lowest BCUT2D eigenvalue weighted by Gasteiger charge is -2.18. The summed E-state index contributed by atoms with van der Waals surface area (Å²) in [6, 6.07) is 5.36. The Balaban J connectivity index is 1.51. The number of aromatic nitrogens is 2. The smallest absolute Gasteiger partial charge is 0.302 e. The van der Waals surface area contributed by atoms with E-state index >= 15 is 0 Å². The maximum absolute atomic E-state index is 10.8. The van der Waals surface area contributed by atoms with Gasteiger partial charge < -0.3 is 9.72 Å². The van der Waals surface area contributed by atoms with Gasteiger partial charge in [-0.05, 0) is 48.9 Å². The second-order valence-electron chi connectivity index (χ2n) is 6.68. The second-order valence-corrected chi connectivity index (χ2v) is 6.68. The number of hydrogen-bond donors (Lipinski definition) is 1. The van der Waals surface area contributed by atoms with Crippen molar-refractivity contribution in [1.82, 2.24) is 14.9 Å².